The molecular weight excluding hydrogens is 290 g/mol. The second kappa shape index (κ2) is 5.98. The van der Waals surface area contributed by atoms with E-state index in [4.69, 9.17) is 11.6 Å². The Morgan fingerprint density at radius 2 is 2.10 bits per heavy atom. The Bertz CT molecular complexity index is 579. The lowest BCUT2D eigenvalue weighted by Gasteiger charge is -2.25. The van der Waals surface area contributed by atoms with Crippen molar-refractivity contribution in [1.82, 2.24) is 4.90 Å². The summed E-state index contributed by atoms with van der Waals surface area (Å²) in [6.45, 7) is 0.859. The number of hydrogen-bond acceptors (Lipinski definition) is 2. The van der Waals surface area contributed by atoms with Crippen molar-refractivity contribution in [1.29, 1.82) is 0 Å². The number of amides is 1. The summed E-state index contributed by atoms with van der Waals surface area (Å²) in [5, 5.41) is 2.76. The van der Waals surface area contributed by atoms with E-state index in [9.17, 15) is 4.79 Å². The van der Waals surface area contributed by atoms with Gasteiger partial charge in [0, 0.05) is 16.4 Å². The fourth-order valence-electron chi connectivity index (χ4n) is 2.76. The fourth-order valence-corrected chi connectivity index (χ4v) is 3.58. The molecule has 2 heterocycles. The third-order valence-corrected chi connectivity index (χ3v) is 4.86. The zero-order valence-electron chi connectivity index (χ0n) is 11.1. The Balaban J connectivity index is 1.75. The van der Waals surface area contributed by atoms with Crippen molar-refractivity contribution < 1.29 is 4.79 Å². The van der Waals surface area contributed by atoms with Crippen molar-refractivity contribution >= 4 is 28.8 Å². The Hall–Kier alpha value is -1.32. The van der Waals surface area contributed by atoms with E-state index in [0.717, 1.165) is 29.3 Å². The molecule has 20 heavy (non-hydrogen) atoms. The maximum atomic E-state index is 12.5. The first-order chi connectivity index (χ1) is 9.74. The van der Waals surface area contributed by atoms with Crippen LogP contribution < -0.4 is 0 Å². The molecule has 1 saturated heterocycles. The van der Waals surface area contributed by atoms with Gasteiger partial charge in [0.05, 0.1) is 12.5 Å². The van der Waals surface area contributed by atoms with Gasteiger partial charge in [-0.1, -0.05) is 29.8 Å². The molecule has 1 amide bonds. The van der Waals surface area contributed by atoms with Gasteiger partial charge in [-0.3, -0.25) is 4.79 Å². The third-order valence-electron chi connectivity index (χ3n) is 3.73. The molecule has 0 saturated carbocycles. The molecule has 0 spiro atoms. The number of rotatable bonds is 3. The summed E-state index contributed by atoms with van der Waals surface area (Å²) >= 11 is 7.58. The number of carbonyl (C=O) groups is 1. The van der Waals surface area contributed by atoms with E-state index in [0.29, 0.717) is 6.42 Å². The molecule has 1 aromatic carbocycles. The average Bonchev–Trinajstić information content (AvgIpc) is 3.10. The van der Waals surface area contributed by atoms with Crippen molar-refractivity contribution in [2.24, 2.45) is 0 Å². The van der Waals surface area contributed by atoms with E-state index in [1.165, 1.54) is 5.56 Å². The molecule has 0 unspecified atom stereocenters. The highest BCUT2D eigenvalue weighted by Crippen LogP contribution is 2.33. The first-order valence-electron chi connectivity index (χ1n) is 6.81. The van der Waals surface area contributed by atoms with Gasteiger partial charge in [-0.2, -0.15) is 0 Å². The van der Waals surface area contributed by atoms with E-state index >= 15 is 0 Å². The van der Waals surface area contributed by atoms with Gasteiger partial charge in [-0.05, 0) is 42.0 Å². The largest absolute Gasteiger partial charge is 0.335 e. The first-order valence-corrected chi connectivity index (χ1v) is 8.07. The predicted octanol–water partition coefficient (Wildman–Crippen LogP) is 4.31. The monoisotopic (exact) mass is 305 g/mol. The summed E-state index contributed by atoms with van der Waals surface area (Å²) in [6, 6.07) is 12.1. The Morgan fingerprint density at radius 3 is 2.80 bits per heavy atom. The molecule has 0 radical (unpaired) electrons. The molecule has 0 aliphatic carbocycles. The number of benzene rings is 1. The summed E-state index contributed by atoms with van der Waals surface area (Å²) in [5.41, 5.74) is 1.19. The van der Waals surface area contributed by atoms with Crippen LogP contribution in [0.25, 0.3) is 0 Å². The van der Waals surface area contributed by atoms with Crippen LogP contribution in [0.1, 0.15) is 29.3 Å². The lowest BCUT2D eigenvalue weighted by Crippen LogP contribution is -2.31. The Morgan fingerprint density at radius 1 is 1.30 bits per heavy atom. The topological polar surface area (TPSA) is 20.3 Å². The average molecular weight is 306 g/mol. The molecule has 2 aromatic rings. The molecule has 4 heteroatoms. The number of halogens is 1. The van der Waals surface area contributed by atoms with Crippen molar-refractivity contribution in [3.8, 4) is 0 Å². The van der Waals surface area contributed by atoms with Crippen LogP contribution >= 0.6 is 22.9 Å². The maximum Gasteiger partial charge on any atom is 0.228 e. The number of thiophene rings is 1. The molecule has 1 atom stereocenters. The van der Waals surface area contributed by atoms with Crippen LogP contribution in [0.15, 0.2) is 41.8 Å². The standard InChI is InChI=1S/C16H16ClNOS/c17-13-7-5-12(6-8-13)15-4-1-9-18(15)16(19)11-14-3-2-10-20-14/h2-3,5-8,10,15H,1,4,9,11H2/t15-/m1/s1. The highest BCUT2D eigenvalue weighted by atomic mass is 35.5. The van der Waals surface area contributed by atoms with Gasteiger partial charge in [0.1, 0.15) is 0 Å². The number of hydrogen-bond donors (Lipinski definition) is 0. The normalized spacial score (nSPS) is 18.4. The van der Waals surface area contributed by atoms with Gasteiger partial charge in [0.25, 0.3) is 0 Å². The van der Waals surface area contributed by atoms with E-state index in [1.54, 1.807) is 11.3 Å². The summed E-state index contributed by atoms with van der Waals surface area (Å²) in [7, 11) is 0. The van der Waals surface area contributed by atoms with E-state index in [1.807, 2.05) is 46.7 Å². The number of carbonyl (C=O) groups excluding carboxylic acids is 1. The van der Waals surface area contributed by atoms with Crippen molar-refractivity contribution in [2.45, 2.75) is 25.3 Å². The molecular formula is C16H16ClNOS. The van der Waals surface area contributed by atoms with Crippen LogP contribution in [0, 0.1) is 0 Å². The van der Waals surface area contributed by atoms with Gasteiger partial charge in [-0.25, -0.2) is 0 Å². The SMILES string of the molecule is O=C(Cc1cccs1)N1CCC[C@@H]1c1ccc(Cl)cc1. The molecule has 1 fully saturated rings. The van der Waals surface area contributed by atoms with Crippen molar-refractivity contribution in [3.05, 3.63) is 57.2 Å². The van der Waals surface area contributed by atoms with E-state index in [-0.39, 0.29) is 11.9 Å². The molecule has 3 rings (SSSR count). The van der Waals surface area contributed by atoms with Crippen LogP contribution in [0.2, 0.25) is 5.02 Å². The van der Waals surface area contributed by atoms with Crippen molar-refractivity contribution in [3.63, 3.8) is 0 Å². The van der Waals surface area contributed by atoms with Gasteiger partial charge < -0.3 is 4.90 Å². The van der Waals surface area contributed by atoms with Crippen LogP contribution in [0.5, 0.6) is 0 Å². The van der Waals surface area contributed by atoms with Crippen molar-refractivity contribution in [2.75, 3.05) is 6.54 Å². The molecule has 0 N–H and O–H groups in total. The molecule has 1 aliphatic rings. The van der Waals surface area contributed by atoms with Crippen LogP contribution in [0.4, 0.5) is 0 Å². The quantitative estimate of drug-likeness (QED) is 0.827. The minimum absolute atomic E-state index is 0.208. The molecule has 104 valence electrons. The molecule has 1 aromatic heterocycles. The van der Waals surface area contributed by atoms with E-state index in [2.05, 4.69) is 0 Å². The lowest BCUT2D eigenvalue weighted by molar-refractivity contribution is -0.131. The second-order valence-corrected chi connectivity index (χ2v) is 6.52. The zero-order chi connectivity index (χ0) is 13.9. The number of nitrogens with zero attached hydrogens (tertiary/aromatic N) is 1. The Labute approximate surface area is 128 Å². The fraction of sp³-hybridized carbons (Fsp3) is 0.312. The minimum Gasteiger partial charge on any atom is -0.335 e. The Kier molecular flexibility index (Phi) is 4.08. The smallest absolute Gasteiger partial charge is 0.228 e. The molecule has 2 nitrogen and oxygen atoms in total. The van der Waals surface area contributed by atoms with Gasteiger partial charge in [0.15, 0.2) is 0 Å². The lowest BCUT2D eigenvalue weighted by atomic mass is 10.0. The van der Waals surface area contributed by atoms with Crippen LogP contribution in [0.3, 0.4) is 0 Å². The molecule has 1 aliphatic heterocycles. The third kappa shape index (κ3) is 2.89. The van der Waals surface area contributed by atoms with Crippen LogP contribution in [-0.4, -0.2) is 17.4 Å². The first kappa shape index (κ1) is 13.7. The summed E-state index contributed by atoms with van der Waals surface area (Å²) < 4.78 is 0. The van der Waals surface area contributed by atoms with Gasteiger partial charge >= 0.3 is 0 Å². The molecule has 0 bridgehead atoms. The number of likely N-dealkylation sites (tertiary alicyclic amines) is 1. The van der Waals surface area contributed by atoms with Gasteiger partial charge in [0.2, 0.25) is 5.91 Å². The highest BCUT2D eigenvalue weighted by Gasteiger charge is 2.29. The highest BCUT2D eigenvalue weighted by molar-refractivity contribution is 7.10. The maximum absolute atomic E-state index is 12.5. The summed E-state index contributed by atoms with van der Waals surface area (Å²) in [6.07, 6.45) is 2.63. The van der Waals surface area contributed by atoms with Crippen LogP contribution in [-0.2, 0) is 11.2 Å². The summed E-state index contributed by atoms with van der Waals surface area (Å²) in [4.78, 5) is 15.6. The predicted molar refractivity (Wildman–Crippen MR) is 83.2 cm³/mol. The zero-order valence-corrected chi connectivity index (χ0v) is 12.7. The van der Waals surface area contributed by atoms with Gasteiger partial charge in [-0.15, -0.1) is 11.3 Å². The summed E-state index contributed by atoms with van der Waals surface area (Å²) in [5.74, 6) is 0.227. The van der Waals surface area contributed by atoms with E-state index < -0.39 is 0 Å². The minimum atomic E-state index is 0.208. The second-order valence-electron chi connectivity index (χ2n) is 5.05.